The number of nitrogens with zero attached hydrogens (tertiary/aromatic N) is 3. The Morgan fingerprint density at radius 1 is 1.42 bits per heavy atom. The highest BCUT2D eigenvalue weighted by molar-refractivity contribution is 5.80. The monoisotopic (exact) mass is 349 g/mol. The Hall–Kier alpha value is -1.77. The number of nitrogens with one attached hydrogen (secondary N) is 2. The quantitative estimate of drug-likeness (QED) is 0.519. The Balaban J connectivity index is 2.92. The molecular weight excluding hydrogens is 323 g/mol. The summed E-state index contributed by atoms with van der Waals surface area (Å²) >= 11 is 0. The van der Waals surface area contributed by atoms with Gasteiger partial charge in [0.25, 0.3) is 0 Å². The van der Waals surface area contributed by atoms with Crippen LogP contribution < -0.4 is 10.6 Å². The third-order valence-corrected chi connectivity index (χ3v) is 3.74. The minimum atomic E-state index is -4.84. The zero-order chi connectivity index (χ0) is 18.4. The van der Waals surface area contributed by atoms with Crippen molar-refractivity contribution in [2.45, 2.75) is 51.4 Å². The summed E-state index contributed by atoms with van der Waals surface area (Å²) < 4.78 is 41.4. The van der Waals surface area contributed by atoms with Crippen LogP contribution in [0.15, 0.2) is 17.4 Å². The number of hydrogen-bond donors (Lipinski definition) is 3. The number of guanidine groups is 1. The number of aryl methyl sites for hydroxylation is 1. The van der Waals surface area contributed by atoms with Crippen LogP contribution in [0.1, 0.15) is 39.4 Å². The van der Waals surface area contributed by atoms with Crippen LogP contribution in [0, 0.1) is 0 Å². The van der Waals surface area contributed by atoms with Gasteiger partial charge in [-0.3, -0.25) is 4.99 Å². The average Bonchev–Trinajstić information content (AvgIpc) is 2.92. The van der Waals surface area contributed by atoms with E-state index in [4.69, 9.17) is 0 Å². The maximum Gasteiger partial charge on any atom is 0.424 e. The molecule has 6 nitrogen and oxygen atoms in total. The summed E-state index contributed by atoms with van der Waals surface area (Å²) in [5, 5.41) is 16.3. The van der Waals surface area contributed by atoms with E-state index in [2.05, 4.69) is 20.6 Å². The van der Waals surface area contributed by atoms with Gasteiger partial charge in [0, 0.05) is 45.0 Å². The van der Waals surface area contributed by atoms with Crippen molar-refractivity contribution in [3.05, 3.63) is 18.2 Å². The molecule has 9 heteroatoms. The van der Waals surface area contributed by atoms with Crippen LogP contribution in [0.5, 0.6) is 0 Å². The van der Waals surface area contributed by atoms with Gasteiger partial charge in [-0.25, -0.2) is 4.98 Å². The molecule has 0 radical (unpaired) electrons. The van der Waals surface area contributed by atoms with Crippen LogP contribution in [-0.2, 0) is 12.6 Å². The Kier molecular flexibility index (Phi) is 7.07. The summed E-state index contributed by atoms with van der Waals surface area (Å²) in [6.45, 7) is 6.20. The molecular formula is C15H26F3N5O. The lowest BCUT2D eigenvalue weighted by Gasteiger charge is -2.29. The van der Waals surface area contributed by atoms with Crippen molar-refractivity contribution in [3.8, 4) is 0 Å². The second kappa shape index (κ2) is 8.36. The summed E-state index contributed by atoms with van der Waals surface area (Å²) in [5.41, 5.74) is -3.04. The van der Waals surface area contributed by atoms with Crippen LogP contribution in [0.4, 0.5) is 13.2 Å². The third kappa shape index (κ3) is 4.86. The third-order valence-electron chi connectivity index (χ3n) is 3.74. The minimum absolute atomic E-state index is 0.138. The van der Waals surface area contributed by atoms with Gasteiger partial charge in [-0.05, 0) is 20.3 Å². The van der Waals surface area contributed by atoms with Crippen molar-refractivity contribution in [2.24, 2.45) is 12.0 Å². The largest absolute Gasteiger partial charge is 0.424 e. The number of hydrogen-bond acceptors (Lipinski definition) is 3. The van der Waals surface area contributed by atoms with Gasteiger partial charge in [0.1, 0.15) is 5.82 Å². The summed E-state index contributed by atoms with van der Waals surface area (Å²) in [6, 6.07) is 0.138. The second-order valence-electron chi connectivity index (χ2n) is 5.68. The first-order valence-corrected chi connectivity index (χ1v) is 7.97. The smallest absolute Gasteiger partial charge is 0.374 e. The van der Waals surface area contributed by atoms with Crippen LogP contribution in [0.3, 0.4) is 0 Å². The van der Waals surface area contributed by atoms with Crippen molar-refractivity contribution in [2.75, 3.05) is 13.1 Å². The van der Waals surface area contributed by atoms with Crippen LogP contribution in [-0.4, -0.2) is 45.9 Å². The molecule has 1 aromatic heterocycles. The molecule has 1 heterocycles. The molecule has 1 rings (SSSR count). The average molecular weight is 349 g/mol. The maximum atomic E-state index is 13.4. The lowest BCUT2D eigenvalue weighted by molar-refractivity contribution is -0.272. The normalized spacial score (nSPS) is 16.6. The molecule has 3 N–H and O–H groups in total. The molecule has 0 amide bonds. The zero-order valence-electron chi connectivity index (χ0n) is 14.5. The van der Waals surface area contributed by atoms with E-state index < -0.39 is 24.0 Å². The fourth-order valence-electron chi connectivity index (χ4n) is 2.13. The summed E-state index contributed by atoms with van der Waals surface area (Å²) in [6.07, 6.45) is -2.01. The summed E-state index contributed by atoms with van der Waals surface area (Å²) in [5.74, 6) is -0.0127. The lowest BCUT2D eigenvalue weighted by Crippen LogP contribution is -2.45. The topological polar surface area (TPSA) is 74.5 Å². The molecule has 0 aliphatic carbocycles. The van der Waals surface area contributed by atoms with Gasteiger partial charge in [-0.2, -0.15) is 13.2 Å². The van der Waals surface area contributed by atoms with Gasteiger partial charge < -0.3 is 20.3 Å². The van der Waals surface area contributed by atoms with Gasteiger partial charge in [-0.15, -0.1) is 0 Å². The number of imidazole rings is 1. The van der Waals surface area contributed by atoms with E-state index in [0.717, 1.165) is 6.42 Å². The maximum absolute atomic E-state index is 13.4. The zero-order valence-corrected chi connectivity index (χ0v) is 14.5. The molecule has 2 unspecified atom stereocenters. The first kappa shape index (κ1) is 20.3. The molecule has 0 aliphatic rings. The highest BCUT2D eigenvalue weighted by Crippen LogP contribution is 2.40. The van der Waals surface area contributed by atoms with E-state index in [-0.39, 0.29) is 12.6 Å². The van der Waals surface area contributed by atoms with E-state index in [1.54, 1.807) is 0 Å². The predicted molar refractivity (Wildman–Crippen MR) is 86.6 cm³/mol. The van der Waals surface area contributed by atoms with E-state index in [9.17, 15) is 18.3 Å². The van der Waals surface area contributed by atoms with Gasteiger partial charge >= 0.3 is 6.18 Å². The fraction of sp³-hybridized carbons (Fsp3) is 0.733. The van der Waals surface area contributed by atoms with Gasteiger partial charge in [0.05, 0.1) is 0 Å². The van der Waals surface area contributed by atoms with Gasteiger partial charge in [0.2, 0.25) is 5.60 Å². The Morgan fingerprint density at radius 2 is 2.08 bits per heavy atom. The standard InChI is InChI=1S/C15H26F3N5O/c1-5-11(3)22-13(19-6-2)21-8-7-14(24,15(16,17)18)12-20-9-10-23(12)4/h9-11,24H,5-8H2,1-4H3,(H2,19,21,22). The summed E-state index contributed by atoms with van der Waals surface area (Å²) in [4.78, 5) is 7.80. The van der Waals surface area contributed by atoms with E-state index in [1.165, 1.54) is 24.0 Å². The SMILES string of the molecule is CCNC(=NCCC(O)(c1nccn1C)C(F)(F)F)NC(C)CC. The van der Waals surface area contributed by atoms with Gasteiger partial charge in [0.15, 0.2) is 5.96 Å². The van der Waals surface area contributed by atoms with Crippen molar-refractivity contribution < 1.29 is 18.3 Å². The molecule has 0 fully saturated rings. The summed E-state index contributed by atoms with van der Waals surface area (Å²) in [7, 11) is 1.41. The molecule has 0 bridgehead atoms. The van der Waals surface area contributed by atoms with Crippen molar-refractivity contribution >= 4 is 5.96 Å². The molecule has 1 aromatic rings. The van der Waals surface area contributed by atoms with Crippen molar-refractivity contribution in [1.82, 2.24) is 20.2 Å². The number of aromatic nitrogens is 2. The minimum Gasteiger partial charge on any atom is -0.374 e. The molecule has 0 spiro atoms. The molecule has 0 saturated heterocycles. The first-order valence-electron chi connectivity index (χ1n) is 7.97. The van der Waals surface area contributed by atoms with Gasteiger partial charge in [-0.1, -0.05) is 6.92 Å². The molecule has 0 aliphatic heterocycles. The van der Waals surface area contributed by atoms with Crippen LogP contribution in [0.2, 0.25) is 0 Å². The highest BCUT2D eigenvalue weighted by Gasteiger charge is 2.57. The van der Waals surface area contributed by atoms with E-state index in [0.29, 0.717) is 12.5 Å². The first-order chi connectivity index (χ1) is 11.2. The second-order valence-corrected chi connectivity index (χ2v) is 5.68. The number of halogens is 3. The number of aliphatic hydroxyl groups is 1. The Labute approximate surface area is 140 Å². The Bertz CT molecular complexity index is 543. The number of aliphatic imine (C=N–C) groups is 1. The van der Waals surface area contributed by atoms with E-state index in [1.807, 2.05) is 20.8 Å². The van der Waals surface area contributed by atoms with Crippen LogP contribution in [0.25, 0.3) is 0 Å². The van der Waals surface area contributed by atoms with Crippen LogP contribution >= 0.6 is 0 Å². The molecule has 0 saturated carbocycles. The van der Waals surface area contributed by atoms with E-state index >= 15 is 0 Å². The molecule has 0 aromatic carbocycles. The molecule has 138 valence electrons. The predicted octanol–water partition coefficient (Wildman–Crippen LogP) is 1.91. The number of alkyl halides is 3. The number of rotatable bonds is 7. The molecule has 24 heavy (non-hydrogen) atoms. The highest BCUT2D eigenvalue weighted by atomic mass is 19.4. The lowest BCUT2D eigenvalue weighted by atomic mass is 9.98. The Morgan fingerprint density at radius 3 is 2.54 bits per heavy atom. The van der Waals surface area contributed by atoms with Crippen molar-refractivity contribution in [1.29, 1.82) is 0 Å². The molecule has 2 atom stereocenters. The van der Waals surface area contributed by atoms with Crippen molar-refractivity contribution in [3.63, 3.8) is 0 Å². The fourth-order valence-corrected chi connectivity index (χ4v) is 2.13.